The molecule has 0 saturated heterocycles. The van der Waals surface area contributed by atoms with E-state index in [0.29, 0.717) is 5.56 Å². The zero-order valence-corrected chi connectivity index (χ0v) is 14.6. The SMILES string of the molecule is CN(CC(=O)NC1CC1)C(=O)COC(=O)c1csc2c1CCCC2. The van der Waals surface area contributed by atoms with Crippen molar-refractivity contribution in [2.45, 2.75) is 44.6 Å². The predicted octanol–water partition coefficient (Wildman–Crippen LogP) is 1.52. The number of amides is 2. The van der Waals surface area contributed by atoms with E-state index in [4.69, 9.17) is 4.74 Å². The summed E-state index contributed by atoms with van der Waals surface area (Å²) < 4.78 is 5.16. The van der Waals surface area contributed by atoms with Crippen LogP contribution in [0.3, 0.4) is 0 Å². The summed E-state index contributed by atoms with van der Waals surface area (Å²) in [5, 5.41) is 4.65. The van der Waals surface area contributed by atoms with Gasteiger partial charge in [-0.15, -0.1) is 11.3 Å². The molecule has 0 atom stereocenters. The molecule has 1 fully saturated rings. The van der Waals surface area contributed by atoms with Crippen LogP contribution in [0.5, 0.6) is 0 Å². The van der Waals surface area contributed by atoms with Crippen LogP contribution < -0.4 is 5.32 Å². The maximum Gasteiger partial charge on any atom is 0.339 e. The van der Waals surface area contributed by atoms with Gasteiger partial charge in [0.05, 0.1) is 12.1 Å². The van der Waals surface area contributed by atoms with Gasteiger partial charge in [0.25, 0.3) is 5.91 Å². The first-order chi connectivity index (χ1) is 11.5. The lowest BCUT2D eigenvalue weighted by molar-refractivity contribution is -0.137. The summed E-state index contributed by atoms with van der Waals surface area (Å²) in [5.41, 5.74) is 1.68. The van der Waals surface area contributed by atoms with E-state index < -0.39 is 5.97 Å². The van der Waals surface area contributed by atoms with Gasteiger partial charge in [-0.2, -0.15) is 0 Å². The molecule has 1 aromatic rings. The van der Waals surface area contributed by atoms with E-state index in [9.17, 15) is 14.4 Å². The molecular formula is C17H22N2O4S. The van der Waals surface area contributed by atoms with Crippen molar-refractivity contribution in [3.8, 4) is 0 Å². The average molecular weight is 350 g/mol. The minimum atomic E-state index is -0.446. The van der Waals surface area contributed by atoms with Gasteiger partial charge in [-0.3, -0.25) is 9.59 Å². The Balaban J connectivity index is 1.47. The molecule has 1 heterocycles. The van der Waals surface area contributed by atoms with Gasteiger partial charge in [-0.25, -0.2) is 4.79 Å². The van der Waals surface area contributed by atoms with Crippen LogP contribution in [0.15, 0.2) is 5.38 Å². The van der Waals surface area contributed by atoms with Gasteiger partial charge in [-0.05, 0) is 44.1 Å². The second kappa shape index (κ2) is 7.34. The van der Waals surface area contributed by atoms with Crippen LogP contribution in [0.1, 0.15) is 46.5 Å². The monoisotopic (exact) mass is 350 g/mol. The van der Waals surface area contributed by atoms with Crippen LogP contribution in [-0.4, -0.2) is 48.9 Å². The molecular weight excluding hydrogens is 328 g/mol. The summed E-state index contributed by atoms with van der Waals surface area (Å²) in [6, 6.07) is 0.267. The fourth-order valence-corrected chi connectivity index (χ4v) is 3.90. The summed E-state index contributed by atoms with van der Waals surface area (Å²) in [5.74, 6) is -0.997. The minimum Gasteiger partial charge on any atom is -0.452 e. The Morgan fingerprint density at radius 2 is 2.04 bits per heavy atom. The van der Waals surface area contributed by atoms with Crippen molar-refractivity contribution >= 4 is 29.1 Å². The molecule has 6 nitrogen and oxygen atoms in total. The number of hydrogen-bond acceptors (Lipinski definition) is 5. The maximum atomic E-state index is 12.2. The van der Waals surface area contributed by atoms with Gasteiger partial charge in [0.1, 0.15) is 0 Å². The van der Waals surface area contributed by atoms with Gasteiger partial charge < -0.3 is 15.0 Å². The zero-order chi connectivity index (χ0) is 17.1. The lowest BCUT2D eigenvalue weighted by Crippen LogP contribution is -2.40. The molecule has 3 rings (SSSR count). The Labute approximate surface area is 145 Å². The maximum absolute atomic E-state index is 12.2. The van der Waals surface area contributed by atoms with Gasteiger partial charge >= 0.3 is 5.97 Å². The topological polar surface area (TPSA) is 75.7 Å². The highest BCUT2D eigenvalue weighted by atomic mass is 32.1. The average Bonchev–Trinajstić information content (AvgIpc) is 3.26. The first kappa shape index (κ1) is 17.0. The Bertz CT molecular complexity index is 651. The summed E-state index contributed by atoms with van der Waals surface area (Å²) >= 11 is 1.59. The van der Waals surface area contributed by atoms with Crippen molar-refractivity contribution in [2.75, 3.05) is 20.2 Å². The minimum absolute atomic E-state index is 0.0132. The number of aryl methyl sites for hydroxylation is 1. The number of nitrogens with one attached hydrogen (secondary N) is 1. The Hall–Kier alpha value is -1.89. The number of rotatable bonds is 6. The van der Waals surface area contributed by atoms with E-state index in [1.54, 1.807) is 11.3 Å². The molecule has 7 heteroatoms. The van der Waals surface area contributed by atoms with E-state index in [2.05, 4.69) is 5.32 Å². The lowest BCUT2D eigenvalue weighted by Gasteiger charge is -2.17. The third kappa shape index (κ3) is 4.14. The number of fused-ring (bicyclic) bond motifs is 1. The second-order valence-electron chi connectivity index (χ2n) is 6.43. The number of esters is 1. The Kier molecular flexibility index (Phi) is 5.18. The van der Waals surface area contributed by atoms with Crippen molar-refractivity contribution in [1.82, 2.24) is 10.2 Å². The molecule has 0 aromatic carbocycles. The predicted molar refractivity (Wildman–Crippen MR) is 90.0 cm³/mol. The number of hydrogen-bond donors (Lipinski definition) is 1. The number of nitrogens with zero attached hydrogens (tertiary/aromatic N) is 1. The Morgan fingerprint density at radius 1 is 1.29 bits per heavy atom. The third-order valence-electron chi connectivity index (χ3n) is 4.36. The fourth-order valence-electron chi connectivity index (χ4n) is 2.78. The standard InChI is InChI=1S/C17H22N2O4S/c1-19(8-15(20)18-11-6-7-11)16(21)9-23-17(22)13-10-24-14-5-3-2-4-12(13)14/h10-11H,2-9H2,1H3,(H,18,20). The van der Waals surface area contributed by atoms with Crippen molar-refractivity contribution in [2.24, 2.45) is 0 Å². The molecule has 0 aliphatic heterocycles. The van der Waals surface area contributed by atoms with Crippen molar-refractivity contribution in [1.29, 1.82) is 0 Å². The zero-order valence-electron chi connectivity index (χ0n) is 13.8. The first-order valence-corrected chi connectivity index (χ1v) is 9.22. The van der Waals surface area contributed by atoms with E-state index in [-0.39, 0.29) is 31.0 Å². The van der Waals surface area contributed by atoms with Gasteiger partial charge in [0.15, 0.2) is 6.61 Å². The highest BCUT2D eigenvalue weighted by Gasteiger charge is 2.25. The molecule has 2 aliphatic rings. The second-order valence-corrected chi connectivity index (χ2v) is 7.39. The van der Waals surface area contributed by atoms with Gasteiger partial charge in [0, 0.05) is 23.3 Å². The lowest BCUT2D eigenvalue weighted by atomic mass is 9.96. The third-order valence-corrected chi connectivity index (χ3v) is 5.45. The van der Waals surface area contributed by atoms with Crippen LogP contribution in [-0.2, 0) is 27.2 Å². The van der Waals surface area contributed by atoms with Crippen LogP contribution >= 0.6 is 11.3 Å². The summed E-state index contributed by atoms with van der Waals surface area (Å²) in [7, 11) is 1.54. The largest absolute Gasteiger partial charge is 0.452 e. The smallest absolute Gasteiger partial charge is 0.339 e. The highest BCUT2D eigenvalue weighted by molar-refractivity contribution is 7.10. The summed E-state index contributed by atoms with van der Waals surface area (Å²) in [6.45, 7) is -0.350. The number of carbonyl (C=O) groups excluding carboxylic acids is 3. The number of likely N-dealkylation sites (N-methyl/N-ethyl adjacent to an activating group) is 1. The van der Waals surface area contributed by atoms with Crippen LogP contribution in [0.2, 0.25) is 0 Å². The van der Waals surface area contributed by atoms with E-state index in [0.717, 1.165) is 44.1 Å². The van der Waals surface area contributed by atoms with Gasteiger partial charge in [0.2, 0.25) is 5.91 Å². The first-order valence-electron chi connectivity index (χ1n) is 8.34. The molecule has 1 saturated carbocycles. The van der Waals surface area contributed by atoms with E-state index >= 15 is 0 Å². The van der Waals surface area contributed by atoms with Crippen molar-refractivity contribution in [3.63, 3.8) is 0 Å². The number of ether oxygens (including phenoxy) is 1. The molecule has 0 unspecified atom stereocenters. The van der Waals surface area contributed by atoms with Crippen LogP contribution in [0.25, 0.3) is 0 Å². The molecule has 1 N–H and O–H groups in total. The molecule has 1 aromatic heterocycles. The summed E-state index contributed by atoms with van der Waals surface area (Å²) in [4.78, 5) is 38.5. The molecule has 130 valence electrons. The normalized spacial score (nSPS) is 16.2. The van der Waals surface area contributed by atoms with Crippen molar-refractivity contribution in [3.05, 3.63) is 21.4 Å². The number of thiophene rings is 1. The van der Waals surface area contributed by atoms with Gasteiger partial charge in [-0.1, -0.05) is 0 Å². The van der Waals surface area contributed by atoms with Crippen molar-refractivity contribution < 1.29 is 19.1 Å². The molecule has 0 spiro atoms. The van der Waals surface area contributed by atoms with E-state index in [1.807, 2.05) is 5.38 Å². The van der Waals surface area contributed by atoms with E-state index in [1.165, 1.54) is 16.8 Å². The Morgan fingerprint density at radius 3 is 2.79 bits per heavy atom. The molecule has 2 amide bonds. The molecule has 0 radical (unpaired) electrons. The molecule has 0 bridgehead atoms. The quantitative estimate of drug-likeness (QED) is 0.790. The summed E-state index contributed by atoms with van der Waals surface area (Å²) in [6.07, 6.45) is 6.18. The van der Waals surface area contributed by atoms with Crippen LogP contribution in [0.4, 0.5) is 0 Å². The highest BCUT2D eigenvalue weighted by Crippen LogP contribution is 2.30. The molecule has 24 heavy (non-hydrogen) atoms. The van der Waals surface area contributed by atoms with Crippen LogP contribution in [0, 0.1) is 0 Å². The fraction of sp³-hybridized carbons (Fsp3) is 0.588. The number of carbonyl (C=O) groups is 3. The molecule has 2 aliphatic carbocycles.